The van der Waals surface area contributed by atoms with Gasteiger partial charge in [0, 0.05) is 20.2 Å². The van der Waals surface area contributed by atoms with E-state index in [0.717, 1.165) is 31.5 Å². The molecule has 1 aromatic heterocycles. The summed E-state index contributed by atoms with van der Waals surface area (Å²) in [5.74, 6) is 0.725. The molecule has 4 aromatic rings. The lowest BCUT2D eigenvalue weighted by Gasteiger charge is -2.08. The molecule has 0 aliphatic carbocycles. The summed E-state index contributed by atoms with van der Waals surface area (Å²) in [6.45, 7) is 2.56. The fourth-order valence-electron chi connectivity index (χ4n) is 2.72. The fraction of sp³-hybridized carbons (Fsp3) is 0.0952. The van der Waals surface area contributed by atoms with Crippen LogP contribution in [0.2, 0.25) is 0 Å². The van der Waals surface area contributed by atoms with Crippen molar-refractivity contribution in [2.75, 3.05) is 0 Å². The molecule has 4 rings (SSSR count). The first kappa shape index (κ1) is 14.9. The molecule has 3 aromatic carbocycles. The smallest absolute Gasteiger partial charge is 0.196 e. The van der Waals surface area contributed by atoms with Gasteiger partial charge in [0.2, 0.25) is 0 Å². The van der Waals surface area contributed by atoms with E-state index < -0.39 is 0 Å². The van der Waals surface area contributed by atoms with Gasteiger partial charge < -0.3 is 4.74 Å². The van der Waals surface area contributed by atoms with Crippen molar-refractivity contribution < 1.29 is 4.74 Å². The first-order valence-corrected chi connectivity index (χ1v) is 8.66. The summed E-state index contributed by atoms with van der Waals surface area (Å²) in [5, 5.41) is 1.49. The molecule has 0 radical (unpaired) electrons. The van der Waals surface area contributed by atoms with Crippen LogP contribution in [0.3, 0.4) is 0 Å². The van der Waals surface area contributed by atoms with Gasteiger partial charge in [0.1, 0.15) is 12.4 Å². The van der Waals surface area contributed by atoms with Gasteiger partial charge in [-0.05, 0) is 42.8 Å². The van der Waals surface area contributed by atoms with Gasteiger partial charge in [-0.2, -0.15) is 0 Å². The number of ether oxygens (including phenoxy) is 1. The molecule has 0 fully saturated rings. The van der Waals surface area contributed by atoms with Crippen molar-refractivity contribution in [1.82, 2.24) is 0 Å². The van der Waals surface area contributed by atoms with E-state index >= 15 is 0 Å². The third-order valence-electron chi connectivity index (χ3n) is 4.07. The molecular formula is C21H16O2S. The molecule has 2 nitrogen and oxygen atoms in total. The van der Waals surface area contributed by atoms with E-state index in [0.29, 0.717) is 6.61 Å². The summed E-state index contributed by atoms with van der Waals surface area (Å²) in [7, 11) is 0. The fourth-order valence-corrected chi connectivity index (χ4v) is 3.77. The van der Waals surface area contributed by atoms with E-state index in [1.165, 1.54) is 5.56 Å². The average Bonchev–Trinajstić information content (AvgIpc) is 2.62. The first-order chi connectivity index (χ1) is 11.7. The van der Waals surface area contributed by atoms with Gasteiger partial charge in [0.25, 0.3) is 0 Å². The van der Waals surface area contributed by atoms with E-state index in [2.05, 4.69) is 31.2 Å². The molecule has 0 aliphatic heterocycles. The minimum atomic E-state index is 0.0696. The Balaban J connectivity index is 1.69. The van der Waals surface area contributed by atoms with Crippen molar-refractivity contribution >= 4 is 31.5 Å². The Kier molecular flexibility index (Phi) is 3.79. The Morgan fingerprint density at radius 1 is 0.875 bits per heavy atom. The van der Waals surface area contributed by atoms with Gasteiger partial charge in [-0.15, -0.1) is 11.3 Å². The lowest BCUT2D eigenvalue weighted by Crippen LogP contribution is -2.02. The molecule has 0 amide bonds. The lowest BCUT2D eigenvalue weighted by atomic mass is 10.1. The summed E-state index contributed by atoms with van der Waals surface area (Å²) in [6, 6.07) is 21.8. The van der Waals surface area contributed by atoms with Gasteiger partial charge in [0.05, 0.1) is 0 Å². The second-order valence-corrected chi connectivity index (χ2v) is 6.94. The highest BCUT2D eigenvalue weighted by atomic mass is 32.1. The molecule has 0 unspecified atom stereocenters. The van der Waals surface area contributed by atoms with E-state index in [9.17, 15) is 4.79 Å². The second kappa shape index (κ2) is 6.10. The van der Waals surface area contributed by atoms with Crippen molar-refractivity contribution in [3.8, 4) is 5.75 Å². The second-order valence-electron chi connectivity index (χ2n) is 5.86. The molecule has 0 saturated heterocycles. The minimum Gasteiger partial charge on any atom is -0.489 e. The molecule has 0 spiro atoms. The van der Waals surface area contributed by atoms with Crippen LogP contribution in [-0.2, 0) is 6.61 Å². The van der Waals surface area contributed by atoms with Crippen LogP contribution in [0.1, 0.15) is 11.1 Å². The predicted molar refractivity (Wildman–Crippen MR) is 101 cm³/mol. The van der Waals surface area contributed by atoms with Crippen LogP contribution in [0.5, 0.6) is 5.75 Å². The normalized spacial score (nSPS) is 11.0. The van der Waals surface area contributed by atoms with Gasteiger partial charge in [0.15, 0.2) is 5.43 Å². The predicted octanol–water partition coefficient (Wildman–Crippen LogP) is 5.30. The summed E-state index contributed by atoms with van der Waals surface area (Å²) in [6.07, 6.45) is 0. The van der Waals surface area contributed by atoms with Crippen LogP contribution in [-0.4, -0.2) is 0 Å². The van der Waals surface area contributed by atoms with Crippen molar-refractivity contribution in [3.63, 3.8) is 0 Å². The maximum absolute atomic E-state index is 12.7. The van der Waals surface area contributed by atoms with Gasteiger partial charge in [-0.25, -0.2) is 0 Å². The Labute approximate surface area is 144 Å². The minimum absolute atomic E-state index is 0.0696. The van der Waals surface area contributed by atoms with Crippen LogP contribution < -0.4 is 10.2 Å². The summed E-state index contributed by atoms with van der Waals surface area (Å²) < 4.78 is 7.88. The maximum atomic E-state index is 12.7. The number of hydrogen-bond acceptors (Lipinski definition) is 3. The Morgan fingerprint density at radius 3 is 2.46 bits per heavy atom. The molecule has 3 heteroatoms. The molecule has 0 N–H and O–H groups in total. The van der Waals surface area contributed by atoms with Crippen LogP contribution in [0.15, 0.2) is 71.5 Å². The van der Waals surface area contributed by atoms with Crippen LogP contribution in [0.25, 0.3) is 20.2 Å². The van der Waals surface area contributed by atoms with Crippen LogP contribution in [0, 0.1) is 6.92 Å². The number of benzene rings is 3. The van der Waals surface area contributed by atoms with Crippen molar-refractivity contribution in [3.05, 3.63) is 88.1 Å². The van der Waals surface area contributed by atoms with Crippen molar-refractivity contribution in [2.45, 2.75) is 13.5 Å². The van der Waals surface area contributed by atoms with Crippen molar-refractivity contribution in [1.29, 1.82) is 0 Å². The highest BCUT2D eigenvalue weighted by Crippen LogP contribution is 2.27. The SMILES string of the molecule is Cc1ccc(COc2ccc3sc4ccccc4c(=O)c3c2)cc1. The zero-order valence-electron chi connectivity index (χ0n) is 13.3. The van der Waals surface area contributed by atoms with E-state index in [-0.39, 0.29) is 5.43 Å². The molecule has 0 bridgehead atoms. The Morgan fingerprint density at radius 2 is 1.62 bits per heavy atom. The Hall–Kier alpha value is -2.65. The van der Waals surface area contributed by atoms with E-state index in [1.54, 1.807) is 11.3 Å². The maximum Gasteiger partial charge on any atom is 0.196 e. The molecule has 1 heterocycles. The monoisotopic (exact) mass is 332 g/mol. The highest BCUT2D eigenvalue weighted by Gasteiger charge is 2.07. The molecular weight excluding hydrogens is 316 g/mol. The number of fused-ring (bicyclic) bond motifs is 2. The van der Waals surface area contributed by atoms with Gasteiger partial charge in [-0.1, -0.05) is 42.0 Å². The third kappa shape index (κ3) is 2.79. The molecule has 0 atom stereocenters. The number of rotatable bonds is 3. The largest absolute Gasteiger partial charge is 0.489 e. The van der Waals surface area contributed by atoms with Crippen LogP contribution >= 0.6 is 11.3 Å². The summed E-state index contributed by atoms with van der Waals surface area (Å²) >= 11 is 1.63. The average molecular weight is 332 g/mol. The zero-order valence-corrected chi connectivity index (χ0v) is 14.1. The van der Waals surface area contributed by atoms with Crippen LogP contribution in [0.4, 0.5) is 0 Å². The van der Waals surface area contributed by atoms with Crippen molar-refractivity contribution in [2.24, 2.45) is 0 Å². The third-order valence-corrected chi connectivity index (χ3v) is 5.23. The summed E-state index contributed by atoms with van der Waals surface area (Å²) in [4.78, 5) is 12.7. The first-order valence-electron chi connectivity index (χ1n) is 7.85. The standard InChI is InChI=1S/C21H16O2S/c1-14-6-8-15(9-7-14)13-23-16-10-11-20-18(12-16)21(22)17-4-2-3-5-19(17)24-20/h2-12H,13H2,1H3. The molecule has 24 heavy (non-hydrogen) atoms. The number of hydrogen-bond donors (Lipinski definition) is 0. The summed E-state index contributed by atoms with van der Waals surface area (Å²) in [5.41, 5.74) is 2.42. The molecule has 0 saturated carbocycles. The van der Waals surface area contributed by atoms with E-state index in [1.807, 2.05) is 42.5 Å². The van der Waals surface area contributed by atoms with Gasteiger partial charge >= 0.3 is 0 Å². The van der Waals surface area contributed by atoms with E-state index in [4.69, 9.17) is 4.74 Å². The number of aryl methyl sites for hydroxylation is 1. The zero-order chi connectivity index (χ0) is 16.5. The Bertz CT molecular complexity index is 1080. The highest BCUT2D eigenvalue weighted by molar-refractivity contribution is 7.24. The topological polar surface area (TPSA) is 26.3 Å². The molecule has 0 aliphatic rings. The quantitative estimate of drug-likeness (QED) is 0.476. The van der Waals surface area contributed by atoms with Gasteiger partial charge in [-0.3, -0.25) is 4.79 Å². The molecule has 118 valence electrons. The lowest BCUT2D eigenvalue weighted by molar-refractivity contribution is 0.306.